The predicted octanol–water partition coefficient (Wildman–Crippen LogP) is 2.39. The third kappa shape index (κ3) is 7.53. The van der Waals surface area contributed by atoms with Crippen molar-refractivity contribution >= 4 is 29.9 Å². The van der Waals surface area contributed by atoms with Gasteiger partial charge < -0.3 is 25.1 Å². The second-order valence-corrected chi connectivity index (χ2v) is 6.94. The number of hydrogen-bond donors (Lipinski definition) is 3. The highest BCUT2D eigenvalue weighted by Crippen LogP contribution is 2.21. The van der Waals surface area contributed by atoms with E-state index in [1.54, 1.807) is 25.3 Å². The second-order valence-electron chi connectivity index (χ2n) is 6.94. The molecular formula is C18H33IN4O2. The molecule has 0 aromatic carbocycles. The number of likely N-dealkylation sites (tertiary alicyclic amines) is 1. The highest BCUT2D eigenvalue weighted by molar-refractivity contribution is 14.0. The first-order valence-corrected chi connectivity index (χ1v) is 9.02. The highest BCUT2D eigenvalue weighted by Gasteiger charge is 2.26. The molecule has 6 nitrogen and oxygen atoms in total. The van der Waals surface area contributed by atoms with Crippen molar-refractivity contribution in [1.82, 2.24) is 15.5 Å². The third-order valence-electron chi connectivity index (χ3n) is 4.33. The fourth-order valence-corrected chi connectivity index (χ4v) is 2.98. The summed E-state index contributed by atoms with van der Waals surface area (Å²) in [6, 6.07) is 3.55. The zero-order valence-electron chi connectivity index (χ0n) is 15.6. The van der Waals surface area contributed by atoms with Crippen LogP contribution in [0.5, 0.6) is 0 Å². The Bertz CT molecular complexity index is 499. The lowest BCUT2D eigenvalue weighted by molar-refractivity contribution is 0.0437. The van der Waals surface area contributed by atoms with Crippen molar-refractivity contribution in [3.05, 3.63) is 24.2 Å². The molecule has 2 atom stereocenters. The molecule has 25 heavy (non-hydrogen) atoms. The molecule has 0 saturated carbocycles. The van der Waals surface area contributed by atoms with Crippen LogP contribution in [0.25, 0.3) is 0 Å². The van der Waals surface area contributed by atoms with E-state index in [9.17, 15) is 5.11 Å². The maximum atomic E-state index is 10.5. The van der Waals surface area contributed by atoms with Gasteiger partial charge in [-0.25, -0.2) is 4.99 Å². The second kappa shape index (κ2) is 11.0. The van der Waals surface area contributed by atoms with Crippen LogP contribution in [-0.2, 0) is 5.60 Å². The minimum atomic E-state index is -1.10. The summed E-state index contributed by atoms with van der Waals surface area (Å²) in [6.45, 7) is 11.5. The Morgan fingerprint density at radius 2 is 2.12 bits per heavy atom. The molecule has 3 N–H and O–H groups in total. The van der Waals surface area contributed by atoms with E-state index in [2.05, 4.69) is 27.4 Å². The number of hydrogen-bond acceptors (Lipinski definition) is 4. The largest absolute Gasteiger partial charge is 0.466 e. The van der Waals surface area contributed by atoms with E-state index in [0.29, 0.717) is 11.7 Å². The zero-order chi connectivity index (χ0) is 17.4. The van der Waals surface area contributed by atoms with Crippen LogP contribution in [0.3, 0.4) is 0 Å². The van der Waals surface area contributed by atoms with Crippen molar-refractivity contribution in [3.8, 4) is 0 Å². The Kier molecular flexibility index (Phi) is 9.81. The smallest absolute Gasteiger partial charge is 0.191 e. The number of aliphatic hydroxyl groups is 1. The summed E-state index contributed by atoms with van der Waals surface area (Å²) in [5, 5.41) is 17.1. The average Bonchev–Trinajstić information content (AvgIpc) is 3.23. The Labute approximate surface area is 168 Å². The van der Waals surface area contributed by atoms with Gasteiger partial charge in [0.2, 0.25) is 0 Å². The SMILES string of the molecule is CCNC(=NCC(C)(O)c1ccco1)NCC(C)CN1CCCC1.I. The lowest BCUT2D eigenvalue weighted by Crippen LogP contribution is -2.42. The van der Waals surface area contributed by atoms with Crippen LogP contribution in [0.4, 0.5) is 0 Å². The van der Waals surface area contributed by atoms with Gasteiger partial charge in [-0.2, -0.15) is 0 Å². The van der Waals surface area contributed by atoms with Crippen LogP contribution in [0.1, 0.15) is 39.4 Å². The number of halogens is 1. The Morgan fingerprint density at radius 1 is 1.40 bits per heavy atom. The molecule has 2 heterocycles. The van der Waals surface area contributed by atoms with Gasteiger partial charge in [-0.1, -0.05) is 6.92 Å². The van der Waals surface area contributed by atoms with Crippen LogP contribution in [0.2, 0.25) is 0 Å². The molecule has 0 amide bonds. The van der Waals surface area contributed by atoms with Gasteiger partial charge in [0.1, 0.15) is 11.4 Å². The summed E-state index contributed by atoms with van der Waals surface area (Å²) in [5.41, 5.74) is -1.10. The van der Waals surface area contributed by atoms with Crippen LogP contribution in [0, 0.1) is 5.92 Å². The van der Waals surface area contributed by atoms with Crippen molar-refractivity contribution in [2.45, 2.75) is 39.2 Å². The van der Waals surface area contributed by atoms with Gasteiger partial charge in [0.15, 0.2) is 5.96 Å². The van der Waals surface area contributed by atoms with Gasteiger partial charge in [0.25, 0.3) is 0 Å². The van der Waals surface area contributed by atoms with Gasteiger partial charge in [-0.05, 0) is 57.8 Å². The van der Waals surface area contributed by atoms with Crippen molar-refractivity contribution in [2.75, 3.05) is 39.3 Å². The van der Waals surface area contributed by atoms with Crippen LogP contribution < -0.4 is 10.6 Å². The number of nitrogens with zero attached hydrogens (tertiary/aromatic N) is 2. The maximum absolute atomic E-state index is 10.5. The fraction of sp³-hybridized carbons (Fsp3) is 0.722. The minimum Gasteiger partial charge on any atom is -0.466 e. The van der Waals surface area contributed by atoms with Crippen molar-refractivity contribution in [1.29, 1.82) is 0 Å². The summed E-state index contributed by atoms with van der Waals surface area (Å²) in [6.07, 6.45) is 4.22. The molecule has 0 radical (unpaired) electrons. The summed E-state index contributed by atoms with van der Waals surface area (Å²) < 4.78 is 5.30. The molecule has 1 aromatic heterocycles. The number of guanidine groups is 1. The zero-order valence-corrected chi connectivity index (χ0v) is 18.0. The molecular weight excluding hydrogens is 431 g/mol. The lowest BCUT2D eigenvalue weighted by Gasteiger charge is -2.22. The molecule has 1 saturated heterocycles. The van der Waals surface area contributed by atoms with Gasteiger partial charge in [-0.15, -0.1) is 24.0 Å². The molecule has 7 heteroatoms. The quantitative estimate of drug-likeness (QED) is 0.313. The first-order chi connectivity index (χ1) is 11.5. The van der Waals surface area contributed by atoms with Gasteiger partial charge in [-0.3, -0.25) is 0 Å². The predicted molar refractivity (Wildman–Crippen MR) is 113 cm³/mol. The molecule has 144 valence electrons. The first kappa shape index (κ1) is 22.2. The minimum absolute atomic E-state index is 0. The summed E-state index contributed by atoms with van der Waals surface area (Å²) >= 11 is 0. The highest BCUT2D eigenvalue weighted by atomic mass is 127. The van der Waals surface area contributed by atoms with Gasteiger partial charge in [0.05, 0.1) is 12.8 Å². The van der Waals surface area contributed by atoms with E-state index in [-0.39, 0.29) is 30.5 Å². The lowest BCUT2D eigenvalue weighted by atomic mass is 10.0. The molecule has 2 rings (SSSR count). The van der Waals surface area contributed by atoms with E-state index < -0.39 is 5.60 Å². The molecule has 0 bridgehead atoms. The molecule has 2 unspecified atom stereocenters. The Morgan fingerprint density at radius 3 is 2.72 bits per heavy atom. The number of furan rings is 1. The average molecular weight is 464 g/mol. The number of rotatable bonds is 8. The Hall–Kier alpha value is -0.800. The maximum Gasteiger partial charge on any atom is 0.191 e. The third-order valence-corrected chi connectivity index (χ3v) is 4.33. The van der Waals surface area contributed by atoms with Crippen LogP contribution in [0.15, 0.2) is 27.8 Å². The molecule has 1 aliphatic rings. The standard InChI is InChI=1S/C18H32N4O2.HI/c1-4-19-17(20-12-15(2)13-22-9-5-6-10-22)21-14-18(3,23)16-8-7-11-24-16;/h7-8,11,15,23H,4-6,9-10,12-14H2,1-3H3,(H2,19,20,21);1H. The summed E-state index contributed by atoms with van der Waals surface area (Å²) in [7, 11) is 0. The fourth-order valence-electron chi connectivity index (χ4n) is 2.98. The monoisotopic (exact) mass is 464 g/mol. The van der Waals surface area contributed by atoms with E-state index in [1.165, 1.54) is 25.9 Å². The van der Waals surface area contributed by atoms with E-state index in [0.717, 1.165) is 25.6 Å². The first-order valence-electron chi connectivity index (χ1n) is 9.02. The molecule has 0 spiro atoms. The van der Waals surface area contributed by atoms with E-state index in [4.69, 9.17) is 4.42 Å². The number of nitrogens with one attached hydrogen (secondary N) is 2. The summed E-state index contributed by atoms with van der Waals surface area (Å²) in [4.78, 5) is 7.04. The van der Waals surface area contributed by atoms with Crippen LogP contribution in [-0.4, -0.2) is 55.2 Å². The topological polar surface area (TPSA) is 73.0 Å². The Balaban J connectivity index is 0.00000312. The normalized spacial score (nSPS) is 19.1. The van der Waals surface area contributed by atoms with E-state index >= 15 is 0 Å². The van der Waals surface area contributed by atoms with Gasteiger partial charge >= 0.3 is 0 Å². The molecule has 1 fully saturated rings. The van der Waals surface area contributed by atoms with Crippen molar-refractivity contribution < 1.29 is 9.52 Å². The van der Waals surface area contributed by atoms with E-state index in [1.807, 2.05) is 6.92 Å². The number of aliphatic imine (C=N–C) groups is 1. The van der Waals surface area contributed by atoms with Crippen molar-refractivity contribution in [3.63, 3.8) is 0 Å². The molecule has 0 aliphatic carbocycles. The summed E-state index contributed by atoms with van der Waals surface area (Å²) in [5.74, 6) is 1.82. The van der Waals surface area contributed by atoms with Crippen molar-refractivity contribution in [2.24, 2.45) is 10.9 Å². The molecule has 1 aliphatic heterocycles. The molecule has 1 aromatic rings. The van der Waals surface area contributed by atoms with Gasteiger partial charge in [0, 0.05) is 19.6 Å². The van der Waals surface area contributed by atoms with Crippen LogP contribution >= 0.6 is 24.0 Å².